The lowest BCUT2D eigenvalue weighted by Crippen LogP contribution is -2.40. The van der Waals surface area contributed by atoms with E-state index in [1.807, 2.05) is 30.3 Å². The topological polar surface area (TPSA) is 96.9 Å². The number of aromatic nitrogens is 3. The quantitative estimate of drug-likeness (QED) is 0.223. The minimum Gasteiger partial charge on any atom is -0.497 e. The van der Waals surface area contributed by atoms with Crippen LogP contribution in [0.2, 0.25) is 0 Å². The lowest BCUT2D eigenvalue weighted by molar-refractivity contribution is -0.139. The van der Waals surface area contributed by atoms with Crippen molar-refractivity contribution in [3.8, 4) is 28.4 Å². The average molecular weight is 643 g/mol. The van der Waals surface area contributed by atoms with Crippen LogP contribution in [-0.2, 0) is 9.53 Å². The number of rotatable bonds is 8. The summed E-state index contributed by atoms with van der Waals surface area (Å²) in [7, 11) is 3.02. The summed E-state index contributed by atoms with van der Waals surface area (Å²) in [6.07, 6.45) is 3.35. The molecule has 9 nitrogen and oxygen atoms in total. The minimum absolute atomic E-state index is 0.125. The van der Waals surface area contributed by atoms with E-state index in [-0.39, 0.29) is 16.7 Å². The van der Waals surface area contributed by atoms with Gasteiger partial charge in [-0.25, -0.2) is 23.2 Å². The van der Waals surface area contributed by atoms with Crippen LogP contribution >= 0.6 is 11.3 Å². The second kappa shape index (κ2) is 12.6. The highest BCUT2D eigenvalue weighted by Gasteiger charge is 2.35. The van der Waals surface area contributed by atoms with Gasteiger partial charge >= 0.3 is 5.97 Å². The molecule has 1 atom stereocenters. The smallest absolute Gasteiger partial charge is 0.338 e. The van der Waals surface area contributed by atoms with E-state index in [4.69, 9.17) is 14.2 Å². The molecule has 2 aromatic heterocycles. The number of thiazole rings is 1. The van der Waals surface area contributed by atoms with Crippen LogP contribution in [0.1, 0.15) is 31.0 Å². The van der Waals surface area contributed by atoms with Gasteiger partial charge in [0.1, 0.15) is 23.2 Å². The highest BCUT2D eigenvalue weighted by molar-refractivity contribution is 7.07. The van der Waals surface area contributed by atoms with Crippen LogP contribution in [0.4, 0.5) is 8.78 Å². The Bertz CT molecular complexity index is 2190. The summed E-state index contributed by atoms with van der Waals surface area (Å²) in [6.45, 7) is 3.51. The molecule has 0 amide bonds. The largest absolute Gasteiger partial charge is 0.497 e. The number of fused-ring (bicyclic) bond motifs is 1. The predicted octanol–water partition coefficient (Wildman–Crippen LogP) is 4.95. The third-order valence-electron chi connectivity index (χ3n) is 7.49. The summed E-state index contributed by atoms with van der Waals surface area (Å²) in [5, 5.41) is 4.67. The lowest BCUT2D eigenvalue weighted by atomic mass is 9.94. The van der Waals surface area contributed by atoms with Crippen molar-refractivity contribution in [3.63, 3.8) is 0 Å². The molecule has 1 aliphatic rings. The zero-order valence-electron chi connectivity index (χ0n) is 25.3. The summed E-state index contributed by atoms with van der Waals surface area (Å²) < 4.78 is 48.0. The maximum atomic E-state index is 14.3. The molecule has 0 N–H and O–H groups in total. The highest BCUT2D eigenvalue weighted by Crippen LogP contribution is 2.38. The SMILES string of the molecule is CCOC(=O)C1=C(C)N=c2sc(=Cc3cn(-c4ccccc4)nc3-c3ccc(F)c(F)c3)c(=O)n2C1c1cc(OC)ccc1OC. The number of methoxy groups -OCH3 is 2. The number of carbonyl (C=O) groups excluding carboxylic acids is 1. The van der Waals surface area contributed by atoms with Crippen LogP contribution in [0.5, 0.6) is 11.5 Å². The Hall–Kier alpha value is -5.36. The van der Waals surface area contributed by atoms with Gasteiger partial charge in [0.15, 0.2) is 16.4 Å². The molecule has 234 valence electrons. The van der Waals surface area contributed by atoms with Crippen molar-refractivity contribution in [1.29, 1.82) is 0 Å². The number of hydrogen-bond donors (Lipinski definition) is 0. The molecule has 12 heteroatoms. The van der Waals surface area contributed by atoms with Crippen molar-refractivity contribution < 1.29 is 27.8 Å². The Morgan fingerprint density at radius 3 is 2.50 bits per heavy atom. The molecule has 0 aliphatic carbocycles. The molecule has 1 unspecified atom stereocenters. The van der Waals surface area contributed by atoms with Crippen molar-refractivity contribution in [1.82, 2.24) is 14.3 Å². The minimum atomic E-state index is -1.02. The van der Waals surface area contributed by atoms with Crippen LogP contribution in [0, 0.1) is 11.6 Å². The number of nitrogens with zero attached hydrogens (tertiary/aromatic N) is 4. The molecule has 46 heavy (non-hydrogen) atoms. The van der Waals surface area contributed by atoms with Crippen molar-refractivity contribution in [2.45, 2.75) is 19.9 Å². The first-order valence-corrected chi connectivity index (χ1v) is 15.1. The molecule has 0 spiro atoms. The summed E-state index contributed by atoms with van der Waals surface area (Å²) >= 11 is 1.12. The Labute approximate surface area is 265 Å². The van der Waals surface area contributed by atoms with Gasteiger partial charge in [-0.05, 0) is 68.5 Å². The first-order chi connectivity index (χ1) is 22.2. The van der Waals surface area contributed by atoms with Gasteiger partial charge in [-0.15, -0.1) is 0 Å². The fourth-order valence-electron chi connectivity index (χ4n) is 5.35. The maximum Gasteiger partial charge on any atom is 0.338 e. The maximum absolute atomic E-state index is 14.3. The zero-order valence-corrected chi connectivity index (χ0v) is 26.1. The van der Waals surface area contributed by atoms with Gasteiger partial charge in [0.05, 0.1) is 42.3 Å². The fraction of sp³-hybridized carbons (Fsp3) is 0.176. The Balaban J connectivity index is 1.60. The van der Waals surface area contributed by atoms with E-state index in [9.17, 15) is 18.4 Å². The van der Waals surface area contributed by atoms with Gasteiger partial charge in [0.2, 0.25) is 0 Å². The number of para-hydroxylation sites is 1. The standard InChI is InChI=1S/C34H28F2N4O5S/c1-5-45-33(42)29-19(2)37-34-40(31(29)24-17-23(43-3)12-14-27(24)44-4)32(41)28(46-34)16-21-18-39(22-9-7-6-8-10-22)38-30(21)20-11-13-25(35)26(36)15-20/h6-18,31H,5H2,1-4H3. The van der Waals surface area contributed by atoms with Gasteiger partial charge in [0.25, 0.3) is 5.56 Å². The normalized spacial score (nSPS) is 14.6. The third kappa shape index (κ3) is 5.51. The first-order valence-electron chi connectivity index (χ1n) is 14.3. The molecular weight excluding hydrogens is 614 g/mol. The number of esters is 1. The number of ether oxygens (including phenoxy) is 3. The van der Waals surface area contributed by atoms with Crippen LogP contribution in [-0.4, -0.2) is 41.1 Å². The molecule has 1 aliphatic heterocycles. The van der Waals surface area contributed by atoms with E-state index in [0.29, 0.717) is 44.4 Å². The molecular formula is C34H28F2N4O5S. The molecule has 0 bridgehead atoms. The number of benzene rings is 3. The molecule has 0 saturated carbocycles. The number of hydrogen-bond acceptors (Lipinski definition) is 8. The second-order valence-electron chi connectivity index (χ2n) is 10.3. The van der Waals surface area contributed by atoms with Gasteiger partial charge in [-0.3, -0.25) is 9.36 Å². The van der Waals surface area contributed by atoms with Crippen molar-refractivity contribution in [2.75, 3.05) is 20.8 Å². The zero-order chi connectivity index (χ0) is 32.5. The van der Waals surface area contributed by atoms with E-state index in [1.165, 1.54) is 24.9 Å². The van der Waals surface area contributed by atoms with Gasteiger partial charge in [-0.2, -0.15) is 5.10 Å². The van der Waals surface area contributed by atoms with Crippen molar-refractivity contribution in [2.24, 2.45) is 4.99 Å². The molecule has 0 radical (unpaired) electrons. The van der Waals surface area contributed by atoms with Crippen LogP contribution in [0.3, 0.4) is 0 Å². The molecule has 0 fully saturated rings. The van der Waals surface area contributed by atoms with Gasteiger partial charge in [-0.1, -0.05) is 29.5 Å². The van der Waals surface area contributed by atoms with Crippen molar-refractivity contribution in [3.05, 3.63) is 127 Å². The van der Waals surface area contributed by atoms with E-state index in [1.54, 1.807) is 49.0 Å². The number of halogens is 2. The first kappa shape index (κ1) is 30.7. The monoisotopic (exact) mass is 642 g/mol. The Morgan fingerprint density at radius 1 is 1.02 bits per heavy atom. The second-order valence-corrected chi connectivity index (χ2v) is 11.3. The van der Waals surface area contributed by atoms with E-state index < -0.39 is 29.2 Å². The average Bonchev–Trinajstić information content (AvgIpc) is 3.62. The van der Waals surface area contributed by atoms with Gasteiger partial charge < -0.3 is 14.2 Å². The highest BCUT2D eigenvalue weighted by atomic mass is 32.1. The fourth-order valence-corrected chi connectivity index (χ4v) is 6.39. The third-order valence-corrected chi connectivity index (χ3v) is 8.47. The predicted molar refractivity (Wildman–Crippen MR) is 169 cm³/mol. The van der Waals surface area contributed by atoms with E-state index in [2.05, 4.69) is 10.1 Å². The van der Waals surface area contributed by atoms with Crippen molar-refractivity contribution >= 4 is 23.4 Å². The van der Waals surface area contributed by atoms with Crippen LogP contribution < -0.4 is 24.4 Å². The summed E-state index contributed by atoms with van der Waals surface area (Å²) in [6, 6.07) is 17.0. The molecule has 6 rings (SSSR count). The van der Waals surface area contributed by atoms with Gasteiger partial charge in [0, 0.05) is 22.9 Å². The summed E-state index contributed by atoms with van der Waals surface area (Å²) in [5.41, 5.74) is 2.52. The molecule has 0 saturated heterocycles. The Kier molecular flexibility index (Phi) is 8.37. The van der Waals surface area contributed by atoms with Crippen LogP contribution in [0.15, 0.2) is 94.0 Å². The summed E-state index contributed by atoms with van der Waals surface area (Å²) in [5.74, 6) is -1.69. The lowest BCUT2D eigenvalue weighted by Gasteiger charge is -2.26. The van der Waals surface area contributed by atoms with E-state index in [0.717, 1.165) is 29.2 Å². The Morgan fingerprint density at radius 2 is 1.80 bits per heavy atom. The summed E-state index contributed by atoms with van der Waals surface area (Å²) in [4.78, 5) is 32.7. The van der Waals surface area contributed by atoms with E-state index >= 15 is 0 Å². The molecule has 3 aromatic carbocycles. The molecule has 3 heterocycles. The molecule has 5 aromatic rings. The number of carbonyl (C=O) groups is 1. The van der Waals surface area contributed by atoms with Crippen LogP contribution in [0.25, 0.3) is 23.0 Å². The number of allylic oxidation sites excluding steroid dienone is 1.